The number of aryl methyl sites for hydroxylation is 1. The van der Waals surface area contributed by atoms with Crippen molar-refractivity contribution in [3.05, 3.63) is 48.0 Å². The molecule has 26 heavy (non-hydrogen) atoms. The Morgan fingerprint density at radius 3 is 2.35 bits per heavy atom. The van der Waals surface area contributed by atoms with Gasteiger partial charge in [-0.3, -0.25) is 4.55 Å². The molecule has 0 unspecified atom stereocenters. The van der Waals surface area contributed by atoms with E-state index in [1.54, 1.807) is 12.1 Å². The van der Waals surface area contributed by atoms with Crippen molar-refractivity contribution in [1.82, 2.24) is 0 Å². The summed E-state index contributed by atoms with van der Waals surface area (Å²) < 4.78 is 37.4. The topological polar surface area (TPSA) is 86.7 Å². The van der Waals surface area contributed by atoms with Crippen molar-refractivity contribution >= 4 is 10.1 Å². The molecule has 0 saturated heterocycles. The fourth-order valence-electron chi connectivity index (χ4n) is 2.59. The van der Waals surface area contributed by atoms with E-state index in [0.717, 1.165) is 24.8 Å². The van der Waals surface area contributed by atoms with Gasteiger partial charge in [0.05, 0.1) is 0 Å². The number of ether oxygens (including phenoxy) is 1. The van der Waals surface area contributed by atoms with Crippen LogP contribution in [0.1, 0.15) is 44.6 Å². The predicted octanol–water partition coefficient (Wildman–Crippen LogP) is 1.32. The van der Waals surface area contributed by atoms with E-state index in [1.165, 1.54) is 43.5 Å². The van der Waals surface area contributed by atoms with Crippen LogP contribution in [0.5, 0.6) is 17.2 Å². The van der Waals surface area contributed by atoms with Gasteiger partial charge in [0.2, 0.25) is 0 Å². The van der Waals surface area contributed by atoms with Crippen molar-refractivity contribution in [3.8, 4) is 17.2 Å². The van der Waals surface area contributed by atoms with Crippen molar-refractivity contribution < 1.29 is 74.2 Å². The monoisotopic (exact) mass is 402 g/mol. The van der Waals surface area contributed by atoms with Gasteiger partial charge < -0.3 is 9.84 Å². The first-order chi connectivity index (χ1) is 11.9. The molecule has 0 radical (unpaired) electrons. The standard InChI is InChI=1S/C19H24O5S.K/c1-2-3-4-5-6-9-15-12-13-17(16(20)14-15)24-18-10-7-8-11-19(18)25(21,22)23;/h7-8,10-14,20H,2-6,9H2,1H3,(H,21,22,23);/q;+1/p-1. The Bertz CT molecular complexity index is 805. The van der Waals surface area contributed by atoms with Crippen molar-refractivity contribution in [2.24, 2.45) is 0 Å². The van der Waals surface area contributed by atoms with E-state index in [1.807, 2.05) is 6.07 Å². The largest absolute Gasteiger partial charge is 1.00 e. The van der Waals surface area contributed by atoms with Crippen molar-refractivity contribution in [3.63, 3.8) is 0 Å². The van der Waals surface area contributed by atoms with Gasteiger partial charge in [0.1, 0.15) is 16.4 Å². The van der Waals surface area contributed by atoms with Gasteiger partial charge in [0, 0.05) is 0 Å². The van der Waals surface area contributed by atoms with E-state index in [9.17, 15) is 18.1 Å². The average molecular weight is 403 g/mol. The van der Waals surface area contributed by atoms with Crippen LogP contribution in [0.4, 0.5) is 0 Å². The molecule has 2 aromatic carbocycles. The van der Waals surface area contributed by atoms with E-state index in [2.05, 4.69) is 6.92 Å². The molecule has 5 nitrogen and oxygen atoms in total. The summed E-state index contributed by atoms with van der Waals surface area (Å²) in [5.41, 5.74) is 0.942. The van der Waals surface area contributed by atoms with Crippen LogP contribution < -0.4 is 61.2 Å². The molecule has 0 saturated carbocycles. The van der Waals surface area contributed by atoms with Gasteiger partial charge in [-0.25, -0.2) is 0 Å². The summed E-state index contributed by atoms with van der Waals surface area (Å²) in [7, 11) is -4.42. The molecule has 2 aromatic rings. The van der Waals surface area contributed by atoms with Crippen LogP contribution in [0, 0.1) is 0 Å². The van der Waals surface area contributed by atoms with Crippen LogP contribution in [-0.2, 0) is 16.5 Å². The first-order valence-electron chi connectivity index (χ1n) is 8.46. The third kappa shape index (κ3) is 7.30. The maximum atomic E-state index is 12.2. The molecular formula is C19H23KO5S. The zero-order chi connectivity index (χ0) is 18.3. The van der Waals surface area contributed by atoms with Gasteiger partial charge in [0.15, 0.2) is 0 Å². The van der Waals surface area contributed by atoms with Crippen LogP contribution in [0.2, 0.25) is 0 Å². The second kappa shape index (κ2) is 11.4. The molecule has 0 aliphatic rings. The van der Waals surface area contributed by atoms with E-state index >= 15 is 0 Å². The minimum atomic E-state index is -4.42. The zero-order valence-corrected chi connectivity index (χ0v) is 19.2. The van der Waals surface area contributed by atoms with Gasteiger partial charge in [0.25, 0.3) is 10.1 Å². The van der Waals surface area contributed by atoms with Gasteiger partial charge >= 0.3 is 51.4 Å². The van der Waals surface area contributed by atoms with Crippen LogP contribution in [0.3, 0.4) is 0 Å². The summed E-state index contributed by atoms with van der Waals surface area (Å²) in [6, 6.07) is 10.5. The van der Waals surface area contributed by atoms with Crippen molar-refractivity contribution in [2.45, 2.75) is 50.3 Å². The van der Waals surface area contributed by atoms with E-state index < -0.39 is 10.1 Å². The molecule has 1 N–H and O–H groups in total. The Morgan fingerprint density at radius 2 is 1.69 bits per heavy atom. The fourth-order valence-corrected chi connectivity index (χ4v) is 3.21. The van der Waals surface area contributed by atoms with Gasteiger partial charge in [-0.05, 0) is 36.6 Å². The minimum Gasteiger partial charge on any atom is -0.870 e. The molecule has 0 bridgehead atoms. The summed E-state index contributed by atoms with van der Waals surface area (Å²) in [4.78, 5) is -0.366. The Labute approximate surface area is 198 Å². The van der Waals surface area contributed by atoms with Crippen LogP contribution in [0.25, 0.3) is 0 Å². The number of benzene rings is 2. The molecule has 7 heteroatoms. The normalized spacial score (nSPS) is 11.0. The summed E-state index contributed by atoms with van der Waals surface area (Å²) >= 11 is 0. The quantitative estimate of drug-likeness (QED) is 0.388. The zero-order valence-electron chi connectivity index (χ0n) is 15.3. The maximum absolute atomic E-state index is 12.2. The van der Waals surface area contributed by atoms with E-state index in [-0.39, 0.29) is 73.5 Å². The van der Waals surface area contributed by atoms with Crippen molar-refractivity contribution in [1.29, 1.82) is 0 Å². The van der Waals surface area contributed by atoms with Crippen LogP contribution >= 0.6 is 0 Å². The van der Waals surface area contributed by atoms with Gasteiger partial charge in [-0.15, -0.1) is 0 Å². The Kier molecular flexibility index (Phi) is 10.4. The Hall–Kier alpha value is -0.414. The molecule has 0 aliphatic heterocycles. The number of para-hydroxylation sites is 1. The number of unbranched alkanes of at least 4 members (excludes halogenated alkanes) is 4. The minimum absolute atomic E-state index is 0. The molecule has 0 amide bonds. The number of hydrogen-bond donors (Lipinski definition) is 1. The molecule has 0 spiro atoms. The number of rotatable bonds is 9. The first-order valence-corrected chi connectivity index (χ1v) is 9.90. The molecule has 0 fully saturated rings. The third-order valence-electron chi connectivity index (χ3n) is 3.92. The number of hydrogen-bond acceptors (Lipinski definition) is 4. The second-order valence-corrected chi connectivity index (χ2v) is 7.36. The smallest absolute Gasteiger partial charge is 0.870 e. The van der Waals surface area contributed by atoms with E-state index in [4.69, 9.17) is 4.74 Å². The van der Waals surface area contributed by atoms with Crippen LogP contribution in [0.15, 0.2) is 47.4 Å². The Morgan fingerprint density at radius 1 is 1.00 bits per heavy atom. The molecule has 2 rings (SSSR count). The summed E-state index contributed by atoms with van der Waals surface area (Å²) in [6.45, 7) is 2.17. The van der Waals surface area contributed by atoms with Crippen molar-refractivity contribution in [2.75, 3.05) is 0 Å². The molecule has 0 heterocycles. The predicted molar refractivity (Wildman–Crippen MR) is 94.7 cm³/mol. The summed E-state index contributed by atoms with van der Waals surface area (Å²) in [5, 5.41) is 12.2. The van der Waals surface area contributed by atoms with Gasteiger partial charge in [-0.2, -0.15) is 8.42 Å². The first kappa shape index (κ1) is 23.6. The Balaban J connectivity index is 0.00000338. The summed E-state index contributed by atoms with van der Waals surface area (Å²) in [6.07, 6.45) is 6.64. The molecule has 0 atom stereocenters. The second-order valence-electron chi connectivity index (χ2n) is 5.97. The molecule has 0 aromatic heterocycles. The molecule has 0 aliphatic carbocycles. The molecular weight excluding hydrogens is 379 g/mol. The van der Waals surface area contributed by atoms with Crippen LogP contribution in [-0.4, -0.2) is 13.0 Å². The summed E-state index contributed by atoms with van der Waals surface area (Å²) in [5.74, 6) is -0.351. The fraction of sp³-hybridized carbons (Fsp3) is 0.368. The maximum Gasteiger partial charge on any atom is 1.00 e. The van der Waals surface area contributed by atoms with E-state index in [0.29, 0.717) is 0 Å². The molecule has 136 valence electrons. The average Bonchev–Trinajstić information content (AvgIpc) is 2.56. The SMILES string of the molecule is CCCCCCCc1ccc(Oc2ccccc2S(=O)(=O)O)c([O-])c1.[K+]. The third-order valence-corrected chi connectivity index (χ3v) is 4.82. The van der Waals surface area contributed by atoms with Gasteiger partial charge in [-0.1, -0.05) is 62.6 Å².